The van der Waals surface area contributed by atoms with E-state index in [1.165, 1.54) is 12.1 Å². The van der Waals surface area contributed by atoms with Crippen LogP contribution in [0, 0.1) is 12.7 Å². The molecule has 6 heteroatoms. The third kappa shape index (κ3) is 2.09. The van der Waals surface area contributed by atoms with E-state index in [-0.39, 0.29) is 5.82 Å². The molecule has 102 valence electrons. The van der Waals surface area contributed by atoms with Crippen molar-refractivity contribution in [3.63, 3.8) is 0 Å². The Bertz CT molecular complexity index is 765. The van der Waals surface area contributed by atoms with Gasteiger partial charge in [0.2, 0.25) is 5.95 Å². The Morgan fingerprint density at radius 2 is 2.15 bits per heavy atom. The van der Waals surface area contributed by atoms with Crippen LogP contribution in [0.15, 0.2) is 24.4 Å². The zero-order valence-electron chi connectivity index (χ0n) is 11.2. The number of hydrogen-bond acceptors (Lipinski definition) is 4. The Balaban J connectivity index is 2.28. The summed E-state index contributed by atoms with van der Waals surface area (Å²) < 4.78 is 13.5. The van der Waals surface area contributed by atoms with Gasteiger partial charge in [0, 0.05) is 12.1 Å². The Hall–Kier alpha value is -2.50. The highest BCUT2D eigenvalue weighted by Gasteiger charge is 2.13. The van der Waals surface area contributed by atoms with Crippen molar-refractivity contribution >= 4 is 17.0 Å². The van der Waals surface area contributed by atoms with Crippen LogP contribution >= 0.6 is 0 Å². The van der Waals surface area contributed by atoms with Crippen molar-refractivity contribution in [1.82, 2.24) is 20.2 Å². The molecule has 0 aliphatic heterocycles. The van der Waals surface area contributed by atoms with Crippen molar-refractivity contribution in [3.05, 3.63) is 35.8 Å². The smallest absolute Gasteiger partial charge is 0.225 e. The minimum absolute atomic E-state index is 0.286. The van der Waals surface area contributed by atoms with E-state index in [2.05, 4.69) is 25.5 Å². The van der Waals surface area contributed by atoms with Gasteiger partial charge in [-0.15, -0.1) is 0 Å². The van der Waals surface area contributed by atoms with Gasteiger partial charge >= 0.3 is 0 Å². The first-order valence-electron chi connectivity index (χ1n) is 6.40. The second kappa shape index (κ2) is 4.88. The number of nitrogens with zero attached hydrogens (tertiary/aromatic N) is 3. The number of aromatic nitrogens is 4. The number of H-pyrrole nitrogens is 1. The normalized spacial score (nSPS) is 10.9. The molecule has 0 saturated carbocycles. The van der Waals surface area contributed by atoms with Gasteiger partial charge in [0.15, 0.2) is 5.65 Å². The topological polar surface area (TPSA) is 66.5 Å². The highest BCUT2D eigenvalue weighted by Crippen LogP contribution is 2.29. The molecule has 3 aromatic rings. The summed E-state index contributed by atoms with van der Waals surface area (Å²) in [4.78, 5) is 8.82. The number of aryl methyl sites for hydroxylation is 1. The SMILES string of the molecule is CCNc1nc(-c2cc(F)ccc2C)c2cn[nH]c2n1. The molecule has 1 aromatic carbocycles. The van der Waals surface area contributed by atoms with Crippen LogP contribution in [0.2, 0.25) is 0 Å². The zero-order valence-corrected chi connectivity index (χ0v) is 11.2. The second-order valence-electron chi connectivity index (χ2n) is 4.52. The first-order chi connectivity index (χ1) is 9.69. The van der Waals surface area contributed by atoms with Gasteiger partial charge in [0.25, 0.3) is 0 Å². The predicted octanol–water partition coefficient (Wildman–Crippen LogP) is 2.90. The maximum atomic E-state index is 13.5. The number of aromatic amines is 1. The summed E-state index contributed by atoms with van der Waals surface area (Å²) in [5.41, 5.74) is 3.01. The average Bonchev–Trinajstić information content (AvgIpc) is 2.89. The summed E-state index contributed by atoms with van der Waals surface area (Å²) >= 11 is 0. The Labute approximate surface area is 115 Å². The molecular formula is C14H14FN5. The molecule has 0 unspecified atom stereocenters. The third-order valence-corrected chi connectivity index (χ3v) is 3.10. The molecule has 0 bridgehead atoms. The molecule has 2 N–H and O–H groups in total. The predicted molar refractivity (Wildman–Crippen MR) is 76.0 cm³/mol. The lowest BCUT2D eigenvalue weighted by atomic mass is 10.0. The Morgan fingerprint density at radius 1 is 1.30 bits per heavy atom. The van der Waals surface area contributed by atoms with Gasteiger partial charge in [-0.3, -0.25) is 5.10 Å². The van der Waals surface area contributed by atoms with Crippen LogP contribution < -0.4 is 5.32 Å². The molecule has 0 aliphatic rings. The summed E-state index contributed by atoms with van der Waals surface area (Å²) in [6.45, 7) is 4.60. The maximum absolute atomic E-state index is 13.5. The lowest BCUT2D eigenvalue weighted by Gasteiger charge is -2.09. The van der Waals surface area contributed by atoms with Crippen molar-refractivity contribution in [3.8, 4) is 11.3 Å². The molecule has 0 atom stereocenters. The average molecular weight is 271 g/mol. The van der Waals surface area contributed by atoms with Gasteiger partial charge in [-0.25, -0.2) is 9.37 Å². The largest absolute Gasteiger partial charge is 0.354 e. The van der Waals surface area contributed by atoms with Gasteiger partial charge < -0.3 is 5.32 Å². The van der Waals surface area contributed by atoms with Gasteiger partial charge in [-0.05, 0) is 31.5 Å². The van der Waals surface area contributed by atoms with Crippen molar-refractivity contribution in [2.24, 2.45) is 0 Å². The summed E-state index contributed by atoms with van der Waals surface area (Å²) in [5.74, 6) is 0.216. The summed E-state index contributed by atoms with van der Waals surface area (Å²) in [6.07, 6.45) is 1.66. The van der Waals surface area contributed by atoms with E-state index in [1.54, 1.807) is 12.3 Å². The maximum Gasteiger partial charge on any atom is 0.225 e. The first kappa shape index (κ1) is 12.5. The molecule has 20 heavy (non-hydrogen) atoms. The van der Waals surface area contributed by atoms with E-state index in [0.717, 1.165) is 16.5 Å². The number of anilines is 1. The second-order valence-corrected chi connectivity index (χ2v) is 4.52. The van der Waals surface area contributed by atoms with Crippen LogP contribution in [-0.2, 0) is 0 Å². The fraction of sp³-hybridized carbons (Fsp3) is 0.214. The third-order valence-electron chi connectivity index (χ3n) is 3.10. The van der Waals surface area contributed by atoms with Crippen LogP contribution in [0.1, 0.15) is 12.5 Å². The van der Waals surface area contributed by atoms with E-state index in [1.807, 2.05) is 13.8 Å². The van der Waals surface area contributed by atoms with E-state index in [4.69, 9.17) is 0 Å². The number of benzene rings is 1. The van der Waals surface area contributed by atoms with E-state index >= 15 is 0 Å². The minimum Gasteiger partial charge on any atom is -0.354 e. The van der Waals surface area contributed by atoms with E-state index in [0.29, 0.717) is 23.8 Å². The molecule has 3 rings (SSSR count). The summed E-state index contributed by atoms with van der Waals surface area (Å²) in [7, 11) is 0. The van der Waals surface area contributed by atoms with Crippen LogP contribution in [-0.4, -0.2) is 26.7 Å². The molecule has 5 nitrogen and oxygen atoms in total. The molecule has 0 radical (unpaired) electrons. The van der Waals surface area contributed by atoms with Gasteiger partial charge in [-0.1, -0.05) is 6.07 Å². The summed E-state index contributed by atoms with van der Waals surface area (Å²) in [6, 6.07) is 4.67. The number of halogens is 1. The van der Waals surface area contributed by atoms with E-state index in [9.17, 15) is 4.39 Å². The monoisotopic (exact) mass is 271 g/mol. The highest BCUT2D eigenvalue weighted by molar-refractivity contribution is 5.91. The van der Waals surface area contributed by atoms with Gasteiger partial charge in [-0.2, -0.15) is 10.1 Å². The summed E-state index contributed by atoms with van der Waals surface area (Å²) in [5, 5.41) is 10.7. The van der Waals surface area contributed by atoms with Crippen LogP contribution in [0.25, 0.3) is 22.3 Å². The van der Waals surface area contributed by atoms with Gasteiger partial charge in [0.1, 0.15) is 5.82 Å². The molecule has 2 aromatic heterocycles. The molecule has 0 spiro atoms. The number of nitrogens with one attached hydrogen (secondary N) is 2. The number of hydrogen-bond donors (Lipinski definition) is 2. The lowest BCUT2D eigenvalue weighted by Crippen LogP contribution is -2.03. The molecule has 0 amide bonds. The lowest BCUT2D eigenvalue weighted by molar-refractivity contribution is 0.628. The van der Waals surface area contributed by atoms with E-state index < -0.39 is 0 Å². The molecule has 0 fully saturated rings. The van der Waals surface area contributed by atoms with Gasteiger partial charge in [0.05, 0.1) is 17.3 Å². The number of fused-ring (bicyclic) bond motifs is 1. The first-order valence-corrected chi connectivity index (χ1v) is 6.40. The van der Waals surface area contributed by atoms with Crippen LogP contribution in [0.3, 0.4) is 0 Å². The van der Waals surface area contributed by atoms with Crippen molar-refractivity contribution in [2.75, 3.05) is 11.9 Å². The number of rotatable bonds is 3. The molecule has 0 aliphatic carbocycles. The molecule has 2 heterocycles. The minimum atomic E-state index is -0.286. The molecule has 0 saturated heterocycles. The zero-order chi connectivity index (χ0) is 14.1. The highest BCUT2D eigenvalue weighted by atomic mass is 19.1. The molecular weight excluding hydrogens is 257 g/mol. The van der Waals surface area contributed by atoms with Crippen molar-refractivity contribution in [1.29, 1.82) is 0 Å². The van der Waals surface area contributed by atoms with Crippen molar-refractivity contribution < 1.29 is 4.39 Å². The van der Waals surface area contributed by atoms with Crippen LogP contribution in [0.5, 0.6) is 0 Å². The Kier molecular flexibility index (Phi) is 3.06. The quantitative estimate of drug-likeness (QED) is 0.768. The Morgan fingerprint density at radius 3 is 2.95 bits per heavy atom. The fourth-order valence-electron chi connectivity index (χ4n) is 2.13. The van der Waals surface area contributed by atoms with Crippen molar-refractivity contribution in [2.45, 2.75) is 13.8 Å². The fourth-order valence-corrected chi connectivity index (χ4v) is 2.13. The standard InChI is InChI=1S/C14H14FN5/c1-3-16-14-18-12(11-7-17-20-13(11)19-14)10-6-9(15)5-4-8(10)2/h4-7H,3H2,1-2H3,(H2,16,17,18,19,20). The van der Waals surface area contributed by atoms with Crippen LogP contribution in [0.4, 0.5) is 10.3 Å².